The van der Waals surface area contributed by atoms with Gasteiger partial charge in [-0.25, -0.2) is 9.97 Å². The van der Waals surface area contributed by atoms with Crippen LogP contribution in [-0.2, 0) is 4.84 Å². The quantitative estimate of drug-likeness (QED) is 0.416. The van der Waals surface area contributed by atoms with Gasteiger partial charge in [0, 0.05) is 25.7 Å². The summed E-state index contributed by atoms with van der Waals surface area (Å²) in [6, 6.07) is 1.83. The highest BCUT2D eigenvalue weighted by Gasteiger charge is 1.91. The minimum Gasteiger partial charge on any atom is -0.416 e. The summed E-state index contributed by atoms with van der Waals surface area (Å²) in [5.41, 5.74) is 3.50. The van der Waals surface area contributed by atoms with Gasteiger partial charge in [-0.15, -0.1) is 0 Å². The lowest BCUT2D eigenvalue weighted by atomic mass is 10.4. The highest BCUT2D eigenvalue weighted by atomic mass is 16.6. The lowest BCUT2D eigenvalue weighted by molar-refractivity contribution is 0.142. The fourth-order valence-corrected chi connectivity index (χ4v) is 0.835. The molecule has 5 heteroatoms. The second-order valence-corrected chi connectivity index (χ2v) is 2.50. The maximum atomic E-state index is 4.95. The molecule has 0 spiro atoms. The van der Waals surface area contributed by atoms with E-state index in [1.807, 2.05) is 20.0 Å². The van der Waals surface area contributed by atoms with Gasteiger partial charge in [0.15, 0.2) is 0 Å². The summed E-state index contributed by atoms with van der Waals surface area (Å²) in [7, 11) is 1.81. The molecule has 0 unspecified atom stereocenters. The van der Waals surface area contributed by atoms with E-state index >= 15 is 0 Å². The van der Waals surface area contributed by atoms with Crippen LogP contribution in [0.25, 0.3) is 6.08 Å². The molecule has 1 rings (SSSR count). The smallest absolute Gasteiger partial charge is 0.129 e. The molecule has 0 saturated heterocycles. The molecule has 0 fully saturated rings. The lowest BCUT2D eigenvalue weighted by Gasteiger charge is -1.99. The van der Waals surface area contributed by atoms with E-state index in [4.69, 9.17) is 4.84 Å². The van der Waals surface area contributed by atoms with Crippen LogP contribution in [0.2, 0.25) is 0 Å². The second-order valence-electron chi connectivity index (χ2n) is 2.50. The molecule has 0 atom stereocenters. The van der Waals surface area contributed by atoms with Crippen LogP contribution < -0.4 is 10.8 Å². The van der Waals surface area contributed by atoms with Crippen molar-refractivity contribution in [2.45, 2.75) is 6.92 Å². The third kappa shape index (κ3) is 3.40. The van der Waals surface area contributed by atoms with Crippen molar-refractivity contribution in [2.24, 2.45) is 0 Å². The summed E-state index contributed by atoms with van der Waals surface area (Å²) >= 11 is 0. The molecule has 0 aromatic carbocycles. The third-order valence-corrected chi connectivity index (χ3v) is 1.48. The summed E-state index contributed by atoms with van der Waals surface area (Å²) in [6.07, 6.45) is 4.80. The summed E-state index contributed by atoms with van der Waals surface area (Å²) < 4.78 is 0. The molecule has 76 valence electrons. The highest BCUT2D eigenvalue weighted by Crippen LogP contribution is 2.03. The molecule has 0 aliphatic carbocycles. The Morgan fingerprint density at radius 2 is 2.36 bits per heavy atom. The molecule has 1 aromatic rings. The zero-order chi connectivity index (χ0) is 10.2. The van der Waals surface area contributed by atoms with Crippen molar-refractivity contribution in [2.75, 3.05) is 18.9 Å². The number of nitrogens with one attached hydrogen (secondary N) is 2. The Hall–Kier alpha value is -1.62. The van der Waals surface area contributed by atoms with Gasteiger partial charge in [-0.3, -0.25) is 0 Å². The van der Waals surface area contributed by atoms with E-state index in [1.54, 1.807) is 12.3 Å². The third-order valence-electron chi connectivity index (χ3n) is 1.48. The molecule has 0 amide bonds. The number of rotatable bonds is 5. The first-order chi connectivity index (χ1) is 6.86. The molecule has 0 saturated carbocycles. The summed E-state index contributed by atoms with van der Waals surface area (Å²) in [5, 5.41) is 2.93. The number of hydrogen-bond acceptors (Lipinski definition) is 5. The molecule has 1 heterocycles. The zero-order valence-electron chi connectivity index (χ0n) is 8.32. The van der Waals surface area contributed by atoms with Gasteiger partial charge in [0.25, 0.3) is 0 Å². The first kappa shape index (κ1) is 10.5. The predicted octanol–water partition coefficient (Wildman–Crippen LogP) is 1.03. The van der Waals surface area contributed by atoms with Gasteiger partial charge in [-0.05, 0) is 6.92 Å². The van der Waals surface area contributed by atoms with E-state index in [1.165, 1.54) is 6.33 Å². The largest absolute Gasteiger partial charge is 0.416 e. The minimum atomic E-state index is 0.760. The predicted molar refractivity (Wildman–Crippen MR) is 55.4 cm³/mol. The second kappa shape index (κ2) is 5.93. The van der Waals surface area contributed by atoms with Gasteiger partial charge in [-0.2, -0.15) is 5.48 Å². The first-order valence-corrected chi connectivity index (χ1v) is 4.41. The molecule has 5 nitrogen and oxygen atoms in total. The van der Waals surface area contributed by atoms with E-state index in [2.05, 4.69) is 20.8 Å². The van der Waals surface area contributed by atoms with E-state index in [0.29, 0.717) is 0 Å². The maximum absolute atomic E-state index is 4.95. The van der Waals surface area contributed by atoms with Crippen molar-refractivity contribution in [1.29, 1.82) is 0 Å². The Bertz CT molecular complexity index is 301. The summed E-state index contributed by atoms with van der Waals surface area (Å²) in [6.45, 7) is 2.72. The number of anilines is 1. The SMILES string of the molecule is CCNO/C=C/c1cc(NC)ncn1. The Labute approximate surface area is 83.2 Å². The van der Waals surface area contributed by atoms with Crippen molar-refractivity contribution in [3.63, 3.8) is 0 Å². The number of hydrogen-bond donors (Lipinski definition) is 2. The molecular weight excluding hydrogens is 180 g/mol. The van der Waals surface area contributed by atoms with Crippen LogP contribution in [0.3, 0.4) is 0 Å². The van der Waals surface area contributed by atoms with Gasteiger partial charge in [0.2, 0.25) is 0 Å². The molecule has 0 aliphatic heterocycles. The van der Waals surface area contributed by atoms with Crippen molar-refractivity contribution >= 4 is 11.9 Å². The molecule has 0 aliphatic rings. The van der Waals surface area contributed by atoms with Crippen molar-refractivity contribution in [1.82, 2.24) is 15.4 Å². The van der Waals surface area contributed by atoms with E-state index in [0.717, 1.165) is 18.1 Å². The molecule has 2 N–H and O–H groups in total. The molecular formula is C9H14N4O. The zero-order valence-corrected chi connectivity index (χ0v) is 8.32. The molecule has 14 heavy (non-hydrogen) atoms. The van der Waals surface area contributed by atoms with Gasteiger partial charge in [0.05, 0.1) is 5.69 Å². The number of hydroxylamine groups is 1. The summed E-state index contributed by atoms with van der Waals surface area (Å²) in [5.74, 6) is 0.781. The first-order valence-electron chi connectivity index (χ1n) is 4.41. The van der Waals surface area contributed by atoms with Crippen molar-refractivity contribution in [3.05, 3.63) is 24.3 Å². The van der Waals surface area contributed by atoms with Crippen LogP contribution in [0.5, 0.6) is 0 Å². The number of nitrogens with zero attached hydrogens (tertiary/aromatic N) is 2. The number of aromatic nitrogens is 2. The van der Waals surface area contributed by atoms with Crippen LogP contribution in [0.4, 0.5) is 5.82 Å². The van der Waals surface area contributed by atoms with Gasteiger partial charge < -0.3 is 10.2 Å². The molecule has 0 bridgehead atoms. The normalized spacial score (nSPS) is 10.4. The Morgan fingerprint density at radius 1 is 1.50 bits per heavy atom. The van der Waals surface area contributed by atoms with E-state index in [-0.39, 0.29) is 0 Å². The Kier molecular flexibility index (Phi) is 4.43. The van der Waals surface area contributed by atoms with Gasteiger partial charge in [-0.1, -0.05) is 0 Å². The monoisotopic (exact) mass is 194 g/mol. The minimum absolute atomic E-state index is 0.760. The molecule has 1 aromatic heterocycles. The molecule has 0 radical (unpaired) electrons. The standard InChI is InChI=1S/C9H14N4O/c1-3-13-14-5-4-8-6-9(10-2)12-7-11-8/h4-7,13H,3H2,1-2H3,(H,10,11,12)/b5-4+. The van der Waals surface area contributed by atoms with Crippen LogP contribution in [0.1, 0.15) is 12.6 Å². The van der Waals surface area contributed by atoms with Crippen LogP contribution in [-0.4, -0.2) is 23.6 Å². The van der Waals surface area contributed by atoms with Crippen LogP contribution in [0.15, 0.2) is 18.7 Å². The van der Waals surface area contributed by atoms with Gasteiger partial charge in [0.1, 0.15) is 18.4 Å². The van der Waals surface area contributed by atoms with Gasteiger partial charge >= 0.3 is 0 Å². The van der Waals surface area contributed by atoms with Crippen LogP contribution in [0, 0.1) is 0 Å². The fourth-order valence-electron chi connectivity index (χ4n) is 0.835. The Morgan fingerprint density at radius 3 is 3.07 bits per heavy atom. The fraction of sp³-hybridized carbons (Fsp3) is 0.333. The van der Waals surface area contributed by atoms with E-state index < -0.39 is 0 Å². The van der Waals surface area contributed by atoms with E-state index in [9.17, 15) is 0 Å². The average molecular weight is 194 g/mol. The highest BCUT2D eigenvalue weighted by molar-refractivity contribution is 5.48. The summed E-state index contributed by atoms with van der Waals surface area (Å²) in [4.78, 5) is 13.0. The maximum Gasteiger partial charge on any atom is 0.129 e. The average Bonchev–Trinajstić information content (AvgIpc) is 2.25. The lowest BCUT2D eigenvalue weighted by Crippen LogP contribution is -2.08. The van der Waals surface area contributed by atoms with Crippen LogP contribution >= 0.6 is 0 Å². The van der Waals surface area contributed by atoms with Crippen molar-refractivity contribution < 1.29 is 4.84 Å². The Balaban J connectivity index is 2.53. The topological polar surface area (TPSA) is 59.1 Å². The van der Waals surface area contributed by atoms with Crippen molar-refractivity contribution in [3.8, 4) is 0 Å².